The third kappa shape index (κ3) is 3.45. The number of alkyl halides is 2. The molecule has 0 spiro atoms. The van der Waals surface area contributed by atoms with E-state index in [2.05, 4.69) is 19.9 Å². The number of amides is 2. The van der Waals surface area contributed by atoms with Crippen molar-refractivity contribution in [2.24, 2.45) is 5.73 Å². The third-order valence-electron chi connectivity index (χ3n) is 4.08. The number of nitrogens with one attached hydrogen (secondary N) is 1. The van der Waals surface area contributed by atoms with Gasteiger partial charge in [0, 0.05) is 17.1 Å². The lowest BCUT2D eigenvalue weighted by Gasteiger charge is -2.10. The van der Waals surface area contributed by atoms with Crippen LogP contribution in [0.4, 0.5) is 14.5 Å². The number of halogens is 2. The second kappa shape index (κ2) is 6.55. The number of hydrogen-bond acceptors (Lipinski definition) is 6. The fourth-order valence-corrected chi connectivity index (χ4v) is 2.89. The summed E-state index contributed by atoms with van der Waals surface area (Å²) >= 11 is 0. The lowest BCUT2D eigenvalue weighted by Crippen LogP contribution is -2.32. The average Bonchev–Trinajstić information content (AvgIpc) is 2.97. The van der Waals surface area contributed by atoms with Gasteiger partial charge in [0.15, 0.2) is 17.2 Å². The van der Waals surface area contributed by atoms with Crippen molar-refractivity contribution in [2.75, 3.05) is 5.32 Å². The Hall–Kier alpha value is -4.02. The summed E-state index contributed by atoms with van der Waals surface area (Å²) in [6.07, 6.45) is -3.78. The second-order valence-electron chi connectivity index (χ2n) is 6.10. The number of nitrogens with two attached hydrogens (primary N) is 1. The highest BCUT2D eigenvalue weighted by Crippen LogP contribution is 2.42. The Labute approximate surface area is 160 Å². The third-order valence-corrected chi connectivity index (χ3v) is 4.08. The number of fused-ring (bicyclic) bond motifs is 2. The first-order valence-electron chi connectivity index (χ1n) is 8.23. The molecule has 0 unspecified atom stereocenters. The van der Waals surface area contributed by atoms with Gasteiger partial charge in [-0.05, 0) is 18.2 Å². The van der Waals surface area contributed by atoms with E-state index in [0.29, 0.717) is 0 Å². The Morgan fingerprint density at radius 2 is 1.79 bits per heavy atom. The van der Waals surface area contributed by atoms with Gasteiger partial charge in [0.1, 0.15) is 6.54 Å². The predicted octanol–water partition coefficient (Wildman–Crippen LogP) is 1.46. The van der Waals surface area contributed by atoms with Crippen LogP contribution in [0.1, 0.15) is 10.5 Å². The van der Waals surface area contributed by atoms with E-state index in [-0.39, 0.29) is 33.7 Å². The van der Waals surface area contributed by atoms with E-state index >= 15 is 0 Å². The van der Waals surface area contributed by atoms with Crippen LogP contribution in [-0.2, 0) is 11.3 Å². The van der Waals surface area contributed by atoms with Crippen LogP contribution >= 0.6 is 0 Å². The quantitative estimate of drug-likeness (QED) is 0.681. The summed E-state index contributed by atoms with van der Waals surface area (Å²) in [5, 5.41) is 6.77. The highest BCUT2D eigenvalue weighted by Gasteiger charge is 2.43. The van der Waals surface area contributed by atoms with Crippen LogP contribution in [0.25, 0.3) is 10.8 Å². The average molecular weight is 402 g/mol. The largest absolute Gasteiger partial charge is 0.586 e. The minimum atomic E-state index is -3.78. The highest BCUT2D eigenvalue weighted by molar-refractivity contribution is 6.04. The normalized spacial score (nSPS) is 14.0. The fourth-order valence-electron chi connectivity index (χ4n) is 2.89. The van der Waals surface area contributed by atoms with E-state index in [9.17, 15) is 23.2 Å². The van der Waals surface area contributed by atoms with Crippen molar-refractivity contribution >= 4 is 28.3 Å². The Kier molecular flexibility index (Phi) is 4.14. The lowest BCUT2D eigenvalue weighted by atomic mass is 10.1. The maximum absolute atomic E-state index is 13.1. The smallest absolute Gasteiger partial charge is 0.395 e. The van der Waals surface area contributed by atoms with Crippen molar-refractivity contribution in [2.45, 2.75) is 12.8 Å². The van der Waals surface area contributed by atoms with Crippen molar-refractivity contribution in [3.8, 4) is 11.5 Å². The maximum Gasteiger partial charge on any atom is 0.586 e. The van der Waals surface area contributed by atoms with Crippen LogP contribution in [-0.4, -0.2) is 27.9 Å². The van der Waals surface area contributed by atoms with Crippen molar-refractivity contribution in [3.63, 3.8) is 0 Å². The number of hydrogen-bond donors (Lipinski definition) is 2. The number of carbonyl (C=O) groups excluding carboxylic acids is 2. The van der Waals surface area contributed by atoms with Crippen molar-refractivity contribution in [3.05, 3.63) is 58.5 Å². The van der Waals surface area contributed by atoms with Gasteiger partial charge in [-0.15, -0.1) is 8.78 Å². The Bertz CT molecular complexity index is 1220. The number of anilines is 1. The standard InChI is InChI=1S/C18H12F2N4O5/c19-18(20)28-12-6-5-9(7-13(12)29-18)22-14(25)8-24-17(27)11-4-2-1-3-10(11)15(23-24)16(21)26/h1-7H,8H2,(H2,21,26)(H,22,25). The van der Waals surface area contributed by atoms with Gasteiger partial charge >= 0.3 is 6.29 Å². The first-order chi connectivity index (χ1) is 13.7. The van der Waals surface area contributed by atoms with Crippen LogP contribution in [0, 0.1) is 0 Å². The number of aromatic nitrogens is 2. The van der Waals surface area contributed by atoms with E-state index in [1.54, 1.807) is 12.1 Å². The molecular formula is C18H12F2N4O5. The molecule has 0 aliphatic carbocycles. The van der Waals surface area contributed by atoms with E-state index in [0.717, 1.165) is 10.7 Å². The summed E-state index contributed by atoms with van der Waals surface area (Å²) < 4.78 is 35.6. The van der Waals surface area contributed by atoms with Crippen LogP contribution < -0.4 is 26.1 Å². The molecule has 2 heterocycles. The van der Waals surface area contributed by atoms with Gasteiger partial charge in [0.2, 0.25) is 5.91 Å². The SMILES string of the molecule is NC(=O)c1nn(CC(=O)Nc2ccc3c(c2)OC(F)(F)O3)c(=O)c2ccccc12. The van der Waals surface area contributed by atoms with E-state index < -0.39 is 30.2 Å². The molecule has 0 radical (unpaired) electrons. The number of nitrogens with zero attached hydrogens (tertiary/aromatic N) is 2. The van der Waals surface area contributed by atoms with E-state index in [1.165, 1.54) is 24.3 Å². The molecule has 0 atom stereocenters. The minimum Gasteiger partial charge on any atom is -0.395 e. The molecule has 29 heavy (non-hydrogen) atoms. The molecule has 1 aliphatic heterocycles. The topological polar surface area (TPSA) is 126 Å². The maximum atomic E-state index is 13.1. The molecule has 148 valence electrons. The molecule has 4 rings (SSSR count). The fraction of sp³-hybridized carbons (Fsp3) is 0.111. The number of benzene rings is 2. The molecular weight excluding hydrogens is 390 g/mol. The van der Waals surface area contributed by atoms with E-state index in [1.807, 2.05) is 0 Å². The van der Waals surface area contributed by atoms with Gasteiger partial charge in [-0.2, -0.15) is 5.10 Å². The van der Waals surface area contributed by atoms with Gasteiger partial charge in [-0.1, -0.05) is 18.2 Å². The number of rotatable bonds is 4. The van der Waals surface area contributed by atoms with Gasteiger partial charge in [-0.25, -0.2) is 4.68 Å². The Morgan fingerprint density at radius 1 is 1.10 bits per heavy atom. The number of ether oxygens (including phenoxy) is 2. The van der Waals surface area contributed by atoms with Crippen LogP contribution in [0.2, 0.25) is 0 Å². The molecule has 1 aliphatic rings. The molecule has 0 bridgehead atoms. The summed E-state index contributed by atoms with van der Waals surface area (Å²) in [7, 11) is 0. The number of primary amides is 1. The molecule has 11 heteroatoms. The van der Waals surface area contributed by atoms with Crippen LogP contribution in [0.15, 0.2) is 47.3 Å². The summed E-state index contributed by atoms with van der Waals surface area (Å²) in [5.74, 6) is -1.96. The van der Waals surface area contributed by atoms with E-state index in [4.69, 9.17) is 5.73 Å². The molecule has 0 saturated carbocycles. The monoisotopic (exact) mass is 402 g/mol. The second-order valence-corrected chi connectivity index (χ2v) is 6.10. The first-order valence-corrected chi connectivity index (χ1v) is 8.23. The summed E-state index contributed by atoms with van der Waals surface area (Å²) in [6, 6.07) is 9.91. The van der Waals surface area contributed by atoms with Crippen LogP contribution in [0.3, 0.4) is 0 Å². The predicted molar refractivity (Wildman–Crippen MR) is 95.8 cm³/mol. The molecule has 3 N–H and O–H groups in total. The van der Waals surface area contributed by atoms with Gasteiger partial charge in [0.05, 0.1) is 5.39 Å². The minimum absolute atomic E-state index is 0.138. The Balaban J connectivity index is 1.60. The highest BCUT2D eigenvalue weighted by atomic mass is 19.3. The van der Waals surface area contributed by atoms with Crippen LogP contribution in [0.5, 0.6) is 11.5 Å². The molecule has 0 fully saturated rings. The molecule has 2 aromatic carbocycles. The molecule has 0 saturated heterocycles. The first kappa shape index (κ1) is 18.3. The lowest BCUT2D eigenvalue weighted by molar-refractivity contribution is -0.286. The number of carbonyl (C=O) groups is 2. The van der Waals surface area contributed by atoms with Crippen molar-refractivity contribution in [1.82, 2.24) is 9.78 Å². The molecule has 1 aromatic heterocycles. The van der Waals surface area contributed by atoms with Crippen molar-refractivity contribution < 1.29 is 27.8 Å². The van der Waals surface area contributed by atoms with Gasteiger partial charge in [0.25, 0.3) is 11.5 Å². The molecule has 9 nitrogen and oxygen atoms in total. The molecule has 3 aromatic rings. The Morgan fingerprint density at radius 3 is 2.52 bits per heavy atom. The van der Waals surface area contributed by atoms with Gasteiger partial charge < -0.3 is 20.5 Å². The zero-order valence-corrected chi connectivity index (χ0v) is 14.5. The summed E-state index contributed by atoms with van der Waals surface area (Å²) in [5.41, 5.74) is 4.71. The zero-order valence-electron chi connectivity index (χ0n) is 14.5. The zero-order chi connectivity index (χ0) is 20.8. The summed E-state index contributed by atoms with van der Waals surface area (Å²) in [6.45, 7) is -0.533. The summed E-state index contributed by atoms with van der Waals surface area (Å²) in [4.78, 5) is 36.6. The molecule has 2 amide bonds. The van der Waals surface area contributed by atoms with Crippen molar-refractivity contribution in [1.29, 1.82) is 0 Å². The van der Waals surface area contributed by atoms with Gasteiger partial charge in [-0.3, -0.25) is 14.4 Å².